The summed E-state index contributed by atoms with van der Waals surface area (Å²) in [4.78, 5) is 12.8. The van der Waals surface area contributed by atoms with Crippen molar-refractivity contribution in [3.63, 3.8) is 0 Å². The zero-order chi connectivity index (χ0) is 17.3. The standard InChI is InChI=1S/C18H22N4OS/c1-12(2)7-10-24-18-20-19-16-17(23)21(8-9-22(16)18)15-6-5-13(3)14(4)11-15/h5-6,8-9,11-12H,7,10H2,1-4H3. The topological polar surface area (TPSA) is 52.2 Å². The van der Waals surface area contributed by atoms with Gasteiger partial charge >= 0.3 is 5.56 Å². The molecule has 126 valence electrons. The number of aromatic nitrogens is 4. The smallest absolute Gasteiger partial charge is 0.280 e. The number of hydrogen-bond acceptors (Lipinski definition) is 4. The van der Waals surface area contributed by atoms with Crippen molar-refractivity contribution in [1.29, 1.82) is 0 Å². The van der Waals surface area contributed by atoms with Gasteiger partial charge in [0.1, 0.15) is 0 Å². The zero-order valence-corrected chi connectivity index (χ0v) is 15.3. The van der Waals surface area contributed by atoms with Crippen LogP contribution < -0.4 is 5.56 Å². The monoisotopic (exact) mass is 342 g/mol. The third kappa shape index (κ3) is 3.24. The average Bonchev–Trinajstić information content (AvgIpc) is 2.94. The number of aryl methyl sites for hydroxylation is 2. The van der Waals surface area contributed by atoms with Crippen LogP contribution in [0.3, 0.4) is 0 Å². The van der Waals surface area contributed by atoms with Crippen molar-refractivity contribution in [2.24, 2.45) is 5.92 Å². The van der Waals surface area contributed by atoms with Gasteiger partial charge in [-0.05, 0) is 49.4 Å². The molecule has 1 aromatic carbocycles. The maximum Gasteiger partial charge on any atom is 0.300 e. The Bertz CT molecular complexity index is 926. The highest BCUT2D eigenvalue weighted by Gasteiger charge is 2.12. The first-order chi connectivity index (χ1) is 11.5. The largest absolute Gasteiger partial charge is 0.300 e. The van der Waals surface area contributed by atoms with Crippen molar-refractivity contribution in [2.45, 2.75) is 39.3 Å². The van der Waals surface area contributed by atoms with Gasteiger partial charge in [0.15, 0.2) is 5.16 Å². The number of rotatable bonds is 5. The average molecular weight is 342 g/mol. The summed E-state index contributed by atoms with van der Waals surface area (Å²) < 4.78 is 3.41. The normalized spacial score (nSPS) is 11.5. The Morgan fingerprint density at radius 1 is 1.12 bits per heavy atom. The predicted molar refractivity (Wildman–Crippen MR) is 98.2 cm³/mol. The quantitative estimate of drug-likeness (QED) is 0.664. The molecule has 3 aromatic rings. The lowest BCUT2D eigenvalue weighted by atomic mass is 10.1. The van der Waals surface area contributed by atoms with Crippen molar-refractivity contribution in [1.82, 2.24) is 19.2 Å². The molecule has 0 aliphatic rings. The molecule has 0 atom stereocenters. The predicted octanol–water partition coefficient (Wildman–Crippen LogP) is 3.64. The molecule has 0 spiro atoms. The molecule has 3 rings (SSSR count). The van der Waals surface area contributed by atoms with Crippen LogP contribution in [0, 0.1) is 19.8 Å². The Kier molecular flexibility index (Phi) is 4.76. The number of benzene rings is 1. The van der Waals surface area contributed by atoms with Crippen LogP contribution in [0.1, 0.15) is 31.4 Å². The lowest BCUT2D eigenvalue weighted by molar-refractivity contribution is 0.631. The molecule has 0 fully saturated rings. The van der Waals surface area contributed by atoms with E-state index in [0.29, 0.717) is 11.6 Å². The van der Waals surface area contributed by atoms with Crippen LogP contribution in [0.5, 0.6) is 0 Å². The minimum atomic E-state index is -0.149. The van der Waals surface area contributed by atoms with Crippen LogP contribution in [-0.2, 0) is 0 Å². The van der Waals surface area contributed by atoms with Gasteiger partial charge in [-0.2, -0.15) is 0 Å². The third-order valence-corrected chi connectivity index (χ3v) is 5.11. The fourth-order valence-corrected chi connectivity index (χ4v) is 3.59. The van der Waals surface area contributed by atoms with E-state index in [0.717, 1.165) is 28.6 Å². The van der Waals surface area contributed by atoms with Crippen molar-refractivity contribution in [2.75, 3.05) is 5.75 Å². The number of fused-ring (bicyclic) bond motifs is 1. The highest BCUT2D eigenvalue weighted by atomic mass is 32.2. The van der Waals surface area contributed by atoms with Gasteiger partial charge in [0, 0.05) is 23.8 Å². The molecule has 0 aliphatic carbocycles. The van der Waals surface area contributed by atoms with Crippen molar-refractivity contribution in [3.8, 4) is 5.69 Å². The minimum absolute atomic E-state index is 0.149. The van der Waals surface area contributed by atoms with E-state index in [1.807, 2.05) is 31.3 Å². The summed E-state index contributed by atoms with van der Waals surface area (Å²) in [5, 5.41) is 9.06. The summed E-state index contributed by atoms with van der Waals surface area (Å²) in [6, 6.07) is 6.00. The first-order valence-corrected chi connectivity index (χ1v) is 9.12. The molecular weight excluding hydrogens is 320 g/mol. The number of nitrogens with zero attached hydrogens (tertiary/aromatic N) is 4. The molecule has 0 saturated heterocycles. The molecule has 24 heavy (non-hydrogen) atoms. The van der Waals surface area contributed by atoms with E-state index in [-0.39, 0.29) is 5.56 Å². The van der Waals surface area contributed by atoms with Gasteiger partial charge in [-0.1, -0.05) is 31.7 Å². The molecule has 0 bridgehead atoms. The first kappa shape index (κ1) is 16.8. The van der Waals surface area contributed by atoms with Crippen LogP contribution >= 0.6 is 11.8 Å². The molecule has 2 aromatic heterocycles. The highest BCUT2D eigenvalue weighted by molar-refractivity contribution is 7.99. The van der Waals surface area contributed by atoms with E-state index < -0.39 is 0 Å². The Labute approximate surface area is 145 Å². The van der Waals surface area contributed by atoms with Gasteiger partial charge in [-0.15, -0.1) is 10.2 Å². The molecule has 0 radical (unpaired) electrons. The molecule has 0 unspecified atom stereocenters. The first-order valence-electron chi connectivity index (χ1n) is 8.14. The summed E-state index contributed by atoms with van der Waals surface area (Å²) in [6.07, 6.45) is 4.76. The molecule has 0 amide bonds. The zero-order valence-electron chi connectivity index (χ0n) is 14.5. The summed E-state index contributed by atoms with van der Waals surface area (Å²) >= 11 is 1.64. The van der Waals surface area contributed by atoms with Gasteiger partial charge in [0.2, 0.25) is 5.65 Å². The fraction of sp³-hybridized carbons (Fsp3) is 0.389. The van der Waals surface area contributed by atoms with Crippen molar-refractivity contribution < 1.29 is 0 Å². The second kappa shape index (κ2) is 6.81. The lowest BCUT2D eigenvalue weighted by Gasteiger charge is -2.09. The van der Waals surface area contributed by atoms with Crippen LogP contribution in [0.4, 0.5) is 0 Å². The van der Waals surface area contributed by atoms with Gasteiger partial charge < -0.3 is 0 Å². The van der Waals surface area contributed by atoms with E-state index >= 15 is 0 Å². The third-order valence-electron chi connectivity index (χ3n) is 4.13. The summed E-state index contributed by atoms with van der Waals surface area (Å²) in [6.45, 7) is 8.50. The van der Waals surface area contributed by atoms with Gasteiger partial charge in [-0.3, -0.25) is 13.8 Å². The Morgan fingerprint density at radius 2 is 1.92 bits per heavy atom. The summed E-state index contributed by atoms with van der Waals surface area (Å²) in [5.74, 6) is 1.62. The Morgan fingerprint density at radius 3 is 2.62 bits per heavy atom. The molecular formula is C18H22N4OS. The molecule has 2 heterocycles. The molecule has 0 saturated carbocycles. The van der Waals surface area contributed by atoms with E-state index in [1.54, 1.807) is 26.9 Å². The van der Waals surface area contributed by atoms with E-state index in [2.05, 4.69) is 31.0 Å². The lowest BCUT2D eigenvalue weighted by Crippen LogP contribution is -2.20. The Balaban J connectivity index is 1.97. The summed E-state index contributed by atoms with van der Waals surface area (Å²) in [5.41, 5.74) is 3.43. The van der Waals surface area contributed by atoms with Crippen LogP contribution in [0.2, 0.25) is 0 Å². The fourth-order valence-electron chi connectivity index (χ4n) is 2.43. The SMILES string of the molecule is Cc1ccc(-n2ccn3c(SCCC(C)C)nnc3c2=O)cc1C. The minimum Gasteiger partial charge on any atom is -0.280 e. The number of hydrogen-bond donors (Lipinski definition) is 0. The Hall–Kier alpha value is -2.08. The molecule has 5 nitrogen and oxygen atoms in total. The maximum atomic E-state index is 12.8. The van der Waals surface area contributed by atoms with E-state index in [1.165, 1.54) is 5.56 Å². The molecule has 0 aliphatic heterocycles. The van der Waals surface area contributed by atoms with Crippen molar-refractivity contribution >= 4 is 17.4 Å². The van der Waals surface area contributed by atoms with Crippen LogP contribution in [-0.4, -0.2) is 24.9 Å². The molecule has 6 heteroatoms. The van der Waals surface area contributed by atoms with Crippen LogP contribution in [0.15, 0.2) is 40.5 Å². The second-order valence-electron chi connectivity index (χ2n) is 6.45. The van der Waals surface area contributed by atoms with Gasteiger partial charge in [-0.25, -0.2) is 0 Å². The highest BCUT2D eigenvalue weighted by Crippen LogP contribution is 2.19. The second-order valence-corrected chi connectivity index (χ2v) is 7.51. The van der Waals surface area contributed by atoms with Gasteiger partial charge in [0.05, 0.1) is 0 Å². The number of thioether (sulfide) groups is 1. The summed E-state index contributed by atoms with van der Waals surface area (Å²) in [7, 11) is 0. The van der Waals surface area contributed by atoms with E-state index in [4.69, 9.17) is 0 Å². The van der Waals surface area contributed by atoms with E-state index in [9.17, 15) is 4.79 Å². The maximum absolute atomic E-state index is 12.8. The molecule has 0 N–H and O–H groups in total. The van der Waals surface area contributed by atoms with Gasteiger partial charge in [0.25, 0.3) is 0 Å². The van der Waals surface area contributed by atoms with Crippen molar-refractivity contribution in [3.05, 3.63) is 52.1 Å². The van der Waals surface area contributed by atoms with Crippen LogP contribution in [0.25, 0.3) is 11.3 Å².